The number of rotatable bonds is 6. The van der Waals surface area contributed by atoms with Gasteiger partial charge in [0.15, 0.2) is 17.0 Å². The average molecular weight is 587 g/mol. The van der Waals surface area contributed by atoms with Crippen LogP contribution in [0, 0.1) is 0 Å². The van der Waals surface area contributed by atoms with Crippen LogP contribution in [0.2, 0.25) is 0 Å². The molecule has 0 unspecified atom stereocenters. The number of hydrogen-bond acceptors (Lipinski definition) is 9. The second kappa shape index (κ2) is 13.5. The van der Waals surface area contributed by atoms with Crippen LogP contribution in [-0.2, 0) is 4.84 Å². The van der Waals surface area contributed by atoms with Crippen molar-refractivity contribution in [3.8, 4) is 0 Å². The zero-order valence-electron chi connectivity index (χ0n) is 23.3. The van der Waals surface area contributed by atoms with Gasteiger partial charge in [0.1, 0.15) is 0 Å². The Labute approximate surface area is 243 Å². The van der Waals surface area contributed by atoms with Crippen LogP contribution in [0.1, 0.15) is 91.0 Å². The molecule has 0 bridgehead atoms. The van der Waals surface area contributed by atoms with E-state index >= 15 is 0 Å². The molecule has 1 amide bonds. The van der Waals surface area contributed by atoms with Crippen molar-refractivity contribution >= 4 is 53.8 Å². The lowest BCUT2D eigenvalue weighted by atomic mass is 9.92. The Kier molecular flexibility index (Phi) is 10.9. The Hall–Kier alpha value is -2.08. The van der Waals surface area contributed by atoms with Crippen LogP contribution in [0.25, 0.3) is 11.2 Å². The maximum atomic E-state index is 12.1. The molecule has 2 saturated carbocycles. The molecule has 220 valence electrons. The molecule has 1 saturated heterocycles. The van der Waals surface area contributed by atoms with Crippen molar-refractivity contribution in [1.82, 2.24) is 29.9 Å². The van der Waals surface area contributed by atoms with Crippen molar-refractivity contribution in [3.05, 3.63) is 6.33 Å². The highest BCUT2D eigenvalue weighted by Gasteiger charge is 2.27. The number of hydroxylamine groups is 2. The number of nitrogens with two attached hydrogens (primary N) is 1. The summed E-state index contributed by atoms with van der Waals surface area (Å²) in [6.45, 7) is 7.13. The van der Waals surface area contributed by atoms with E-state index < -0.39 is 6.09 Å². The lowest BCUT2D eigenvalue weighted by molar-refractivity contribution is -0.113. The fraction of sp³-hybridized carbons (Fsp3) is 0.769. The predicted octanol–water partition coefficient (Wildman–Crippen LogP) is 4.78. The minimum absolute atomic E-state index is 0. The van der Waals surface area contributed by atoms with E-state index in [1.54, 1.807) is 5.06 Å². The number of piperidine rings is 1. The summed E-state index contributed by atoms with van der Waals surface area (Å²) in [4.78, 5) is 32.3. The fourth-order valence-electron chi connectivity index (χ4n) is 5.71. The Morgan fingerprint density at radius 2 is 1.59 bits per heavy atom. The lowest BCUT2D eigenvalue weighted by Crippen LogP contribution is -2.46. The first-order valence-corrected chi connectivity index (χ1v) is 14.0. The summed E-state index contributed by atoms with van der Waals surface area (Å²) in [6, 6.07) is 1.30. The molecule has 5 N–H and O–H groups in total. The maximum absolute atomic E-state index is 12.1. The van der Waals surface area contributed by atoms with Crippen molar-refractivity contribution in [1.29, 1.82) is 0 Å². The number of hydrogen-bond donors (Lipinski definition) is 4. The first-order valence-electron chi connectivity index (χ1n) is 14.0. The van der Waals surface area contributed by atoms with Gasteiger partial charge in [-0.2, -0.15) is 9.97 Å². The van der Waals surface area contributed by atoms with Gasteiger partial charge in [0.25, 0.3) is 0 Å². The van der Waals surface area contributed by atoms with Gasteiger partial charge >= 0.3 is 6.09 Å². The highest BCUT2D eigenvalue weighted by Crippen LogP contribution is 2.34. The van der Waals surface area contributed by atoms with E-state index in [-0.39, 0.29) is 36.4 Å². The van der Waals surface area contributed by atoms with E-state index in [1.165, 1.54) is 25.7 Å². The van der Waals surface area contributed by atoms with Crippen LogP contribution in [0.15, 0.2) is 6.33 Å². The molecule has 3 aliphatic rings. The number of nitrogens with one attached hydrogen (secondary N) is 3. The molecule has 0 radical (unpaired) electrons. The molecule has 11 nitrogen and oxygen atoms in total. The summed E-state index contributed by atoms with van der Waals surface area (Å²) in [5.74, 6) is 1.44. The first kappa shape index (κ1) is 31.4. The van der Waals surface area contributed by atoms with Gasteiger partial charge < -0.3 is 31.1 Å². The number of anilines is 2. The maximum Gasteiger partial charge on any atom is 0.426 e. The molecule has 2 aromatic heterocycles. The number of carbonyl (C=O) groups excluding carboxylic acids is 1. The van der Waals surface area contributed by atoms with Gasteiger partial charge in [0, 0.05) is 42.8 Å². The third-order valence-corrected chi connectivity index (χ3v) is 7.73. The molecular formula is C26H45Cl2N9O2. The summed E-state index contributed by atoms with van der Waals surface area (Å²) in [5.41, 5.74) is 7.52. The topological polar surface area (TPSA) is 135 Å². The molecule has 0 spiro atoms. The van der Waals surface area contributed by atoms with Crippen molar-refractivity contribution in [3.63, 3.8) is 0 Å². The van der Waals surface area contributed by atoms with Crippen molar-refractivity contribution in [2.45, 2.75) is 115 Å². The number of nitrogens with zero attached hydrogens (tertiary/aromatic N) is 5. The van der Waals surface area contributed by atoms with Crippen LogP contribution >= 0.6 is 24.8 Å². The van der Waals surface area contributed by atoms with Gasteiger partial charge in [-0.1, -0.05) is 12.8 Å². The highest BCUT2D eigenvalue weighted by molar-refractivity contribution is 5.86. The Morgan fingerprint density at radius 3 is 2.23 bits per heavy atom. The summed E-state index contributed by atoms with van der Waals surface area (Å²) in [5, 5.41) is 11.8. The second-order valence-electron chi connectivity index (χ2n) is 12.0. The average Bonchev–Trinajstić information content (AvgIpc) is 3.51. The summed E-state index contributed by atoms with van der Waals surface area (Å²) >= 11 is 0. The number of fused-ring (bicyclic) bond motifs is 1. The Balaban J connectivity index is 0.00000210. The molecule has 39 heavy (non-hydrogen) atoms. The van der Waals surface area contributed by atoms with Crippen molar-refractivity contribution in [2.24, 2.45) is 5.73 Å². The first-order chi connectivity index (χ1) is 17.7. The molecule has 2 aromatic rings. The monoisotopic (exact) mass is 585 g/mol. The van der Waals surface area contributed by atoms with Crippen LogP contribution in [0.4, 0.5) is 16.6 Å². The molecule has 3 heterocycles. The Bertz CT molecular complexity index is 1070. The van der Waals surface area contributed by atoms with Gasteiger partial charge in [-0.25, -0.2) is 9.78 Å². The highest BCUT2D eigenvalue weighted by atomic mass is 35.5. The molecule has 0 aromatic carbocycles. The van der Waals surface area contributed by atoms with E-state index in [0.717, 1.165) is 55.5 Å². The number of halogens is 2. The summed E-state index contributed by atoms with van der Waals surface area (Å²) in [6.07, 6.45) is 12.2. The molecule has 1 aliphatic heterocycles. The van der Waals surface area contributed by atoms with Crippen LogP contribution < -0.4 is 21.7 Å². The molecule has 2 aliphatic carbocycles. The minimum atomic E-state index is -0.409. The summed E-state index contributed by atoms with van der Waals surface area (Å²) < 4.78 is 2.25. The SMILES string of the molecule is CC(C)(C)NC(=O)ON1CCC(Nc2nc(N[C@H]3CC[C@H](N)CC3)nc3c2ncn3C2CCCC2)CC1.Cl.Cl. The number of aromatic nitrogens is 4. The molecule has 0 atom stereocenters. The molecule has 3 fully saturated rings. The normalized spacial score (nSPS) is 23.1. The quantitative estimate of drug-likeness (QED) is 0.377. The van der Waals surface area contributed by atoms with Crippen molar-refractivity contribution in [2.75, 3.05) is 23.7 Å². The second-order valence-corrected chi connectivity index (χ2v) is 12.0. The largest absolute Gasteiger partial charge is 0.426 e. The Morgan fingerprint density at radius 1 is 0.949 bits per heavy atom. The van der Waals surface area contributed by atoms with Crippen LogP contribution in [0.3, 0.4) is 0 Å². The van der Waals surface area contributed by atoms with Gasteiger partial charge in [-0.3, -0.25) is 0 Å². The third kappa shape index (κ3) is 8.22. The van der Waals surface area contributed by atoms with E-state index in [1.807, 2.05) is 27.1 Å². The van der Waals surface area contributed by atoms with E-state index in [9.17, 15) is 4.79 Å². The van der Waals surface area contributed by atoms with Gasteiger partial charge in [0.05, 0.1) is 6.33 Å². The van der Waals surface area contributed by atoms with Crippen LogP contribution in [-0.4, -0.2) is 67.4 Å². The zero-order valence-corrected chi connectivity index (χ0v) is 25.0. The minimum Gasteiger partial charge on any atom is -0.365 e. The summed E-state index contributed by atoms with van der Waals surface area (Å²) in [7, 11) is 0. The number of amides is 1. The molecule has 13 heteroatoms. The predicted molar refractivity (Wildman–Crippen MR) is 159 cm³/mol. The third-order valence-electron chi connectivity index (χ3n) is 7.73. The van der Waals surface area contributed by atoms with E-state index in [4.69, 9.17) is 25.5 Å². The smallest absolute Gasteiger partial charge is 0.365 e. The van der Waals surface area contributed by atoms with Crippen molar-refractivity contribution < 1.29 is 9.63 Å². The van der Waals surface area contributed by atoms with E-state index in [0.29, 0.717) is 37.2 Å². The number of carbonyl (C=O) groups is 1. The van der Waals surface area contributed by atoms with E-state index in [2.05, 4.69) is 20.5 Å². The standard InChI is InChI=1S/C26H43N9O2.2ClH/c1-26(2,3)33-25(36)37-34-14-12-19(13-15-34)29-22-21-23(35(16-28-21)20-6-4-5-7-20)32-24(31-22)30-18-10-8-17(27)9-11-18;;/h16-20H,4-15,27H2,1-3H3,(H,33,36)(H2,29,30,31,32);2*1H/t17-,18-;;. The van der Waals surface area contributed by atoms with Gasteiger partial charge in [0.2, 0.25) is 5.95 Å². The molecule has 5 rings (SSSR count). The lowest BCUT2D eigenvalue weighted by Gasteiger charge is -2.32. The number of imidazole rings is 1. The van der Waals surface area contributed by atoms with Crippen LogP contribution in [0.5, 0.6) is 0 Å². The molecular weight excluding hydrogens is 541 g/mol. The van der Waals surface area contributed by atoms with Gasteiger partial charge in [-0.05, 0) is 72.1 Å². The van der Waals surface area contributed by atoms with Gasteiger partial charge in [-0.15, -0.1) is 29.9 Å². The zero-order chi connectivity index (χ0) is 26.0. The fourth-order valence-corrected chi connectivity index (χ4v) is 5.71.